The van der Waals surface area contributed by atoms with Gasteiger partial charge in [-0.05, 0) is 18.6 Å². The van der Waals surface area contributed by atoms with Crippen molar-refractivity contribution in [2.45, 2.75) is 13.0 Å². The van der Waals surface area contributed by atoms with E-state index in [9.17, 15) is 0 Å². The lowest BCUT2D eigenvalue weighted by atomic mass is 10.3. The van der Waals surface area contributed by atoms with Crippen molar-refractivity contribution in [1.29, 1.82) is 0 Å². The third-order valence-electron chi connectivity index (χ3n) is 1.71. The van der Waals surface area contributed by atoms with Crippen molar-refractivity contribution in [1.82, 2.24) is 13.3 Å². The Morgan fingerprint density at radius 1 is 1.57 bits per heavy atom. The molecule has 0 aromatic carbocycles. The van der Waals surface area contributed by atoms with Crippen molar-refractivity contribution in [3.8, 4) is 0 Å². The Kier molecular flexibility index (Phi) is 5.97. The number of hydrogen-bond acceptors (Lipinski definition) is 4. The first-order chi connectivity index (χ1) is 6.83. The maximum absolute atomic E-state index is 4.98. The Hall–Kier alpha value is -0.270. The van der Waals surface area contributed by atoms with Crippen LogP contribution < -0.4 is 0 Å². The first-order valence-corrected chi connectivity index (χ1v) is 5.45. The topological polar surface area (TPSA) is 38.2 Å². The van der Waals surface area contributed by atoms with Crippen molar-refractivity contribution in [3.05, 3.63) is 24.0 Å². The highest BCUT2D eigenvalue weighted by Gasteiger charge is 2.02. The summed E-state index contributed by atoms with van der Waals surface area (Å²) in [7, 11) is 1.72. The maximum Gasteiger partial charge on any atom is 0.0779 e. The van der Waals surface area contributed by atoms with E-state index in [2.05, 4.69) is 36.2 Å². The largest absolute Gasteiger partial charge is 0.385 e. The fourth-order valence-corrected chi connectivity index (χ4v) is 1.74. The van der Waals surface area contributed by atoms with E-state index in [-0.39, 0.29) is 0 Å². The quantitative estimate of drug-likeness (QED) is 0.455. The summed E-state index contributed by atoms with van der Waals surface area (Å²) in [4.78, 5) is 0. The molecule has 0 bridgehead atoms. The second kappa shape index (κ2) is 7.08. The lowest BCUT2D eigenvalue weighted by Crippen LogP contribution is -2.14. The number of halogens is 1. The first kappa shape index (κ1) is 11.8. The molecule has 0 spiro atoms. The van der Waals surface area contributed by atoms with Crippen LogP contribution in [0.2, 0.25) is 0 Å². The minimum atomic E-state index is 0.806. The summed E-state index contributed by atoms with van der Waals surface area (Å²) in [5.41, 5.74) is 0.999. The van der Waals surface area contributed by atoms with Gasteiger partial charge in [-0.15, -0.1) is 0 Å². The molecule has 0 aliphatic rings. The van der Waals surface area contributed by atoms with Crippen LogP contribution in [0, 0.1) is 0 Å². The van der Waals surface area contributed by atoms with Crippen LogP contribution in [0.15, 0.2) is 18.3 Å². The van der Waals surface area contributed by atoms with Gasteiger partial charge in [-0.1, -0.05) is 0 Å². The zero-order valence-corrected chi connectivity index (χ0v) is 10.3. The number of methoxy groups -OCH3 is 1. The van der Waals surface area contributed by atoms with Crippen molar-refractivity contribution in [2.75, 3.05) is 20.3 Å². The van der Waals surface area contributed by atoms with Crippen LogP contribution in [-0.2, 0) is 11.3 Å². The lowest BCUT2D eigenvalue weighted by molar-refractivity contribution is 0.189. The van der Waals surface area contributed by atoms with Gasteiger partial charge in [0, 0.05) is 49.3 Å². The number of hydrogen-bond donors (Lipinski definition) is 0. The van der Waals surface area contributed by atoms with Gasteiger partial charge in [-0.25, -0.2) is 3.11 Å². The molecule has 0 N–H and O–H groups in total. The van der Waals surface area contributed by atoms with Crippen LogP contribution >= 0.6 is 22.9 Å². The van der Waals surface area contributed by atoms with Crippen LogP contribution in [-0.4, -0.2) is 33.6 Å². The fraction of sp³-hybridized carbons (Fsp3) is 0.556. The number of ether oxygens (including phenoxy) is 1. The van der Waals surface area contributed by atoms with Crippen LogP contribution in [0.3, 0.4) is 0 Å². The number of rotatable bonds is 6. The van der Waals surface area contributed by atoms with E-state index in [1.165, 1.54) is 0 Å². The average Bonchev–Trinajstić information content (AvgIpc) is 2.20. The molecular weight excluding hydrogens is 293 g/mol. The molecule has 0 saturated carbocycles. The summed E-state index contributed by atoms with van der Waals surface area (Å²) >= 11 is 2.29. The first-order valence-electron chi connectivity index (χ1n) is 4.49. The van der Waals surface area contributed by atoms with Gasteiger partial charge in [0.15, 0.2) is 0 Å². The molecule has 0 aliphatic carbocycles. The maximum atomic E-state index is 4.98. The van der Waals surface area contributed by atoms with Crippen LogP contribution in [0.1, 0.15) is 12.1 Å². The Bertz CT molecular complexity index is 245. The highest BCUT2D eigenvalue weighted by molar-refractivity contribution is 14.1. The van der Waals surface area contributed by atoms with Crippen molar-refractivity contribution < 1.29 is 4.74 Å². The highest BCUT2D eigenvalue weighted by atomic mass is 127. The lowest BCUT2D eigenvalue weighted by Gasteiger charge is -2.12. The third-order valence-corrected chi connectivity index (χ3v) is 2.53. The Morgan fingerprint density at radius 2 is 2.43 bits per heavy atom. The summed E-state index contributed by atoms with van der Waals surface area (Å²) in [5.74, 6) is 0. The van der Waals surface area contributed by atoms with Gasteiger partial charge in [0.2, 0.25) is 0 Å². The molecule has 1 aromatic heterocycles. The third kappa shape index (κ3) is 4.83. The van der Waals surface area contributed by atoms with Crippen molar-refractivity contribution in [3.63, 3.8) is 0 Å². The molecule has 78 valence electrons. The van der Waals surface area contributed by atoms with Gasteiger partial charge < -0.3 is 4.74 Å². The molecule has 0 atom stereocenters. The Balaban J connectivity index is 2.23. The molecule has 0 saturated heterocycles. The van der Waals surface area contributed by atoms with Gasteiger partial charge in [0.25, 0.3) is 0 Å². The van der Waals surface area contributed by atoms with Crippen molar-refractivity contribution in [2.24, 2.45) is 0 Å². The summed E-state index contributed by atoms with van der Waals surface area (Å²) in [5, 5.41) is 7.85. The molecule has 0 fully saturated rings. The molecule has 0 radical (unpaired) electrons. The Labute approximate surface area is 98.2 Å². The average molecular weight is 307 g/mol. The van der Waals surface area contributed by atoms with E-state index >= 15 is 0 Å². The predicted molar refractivity (Wildman–Crippen MR) is 63.0 cm³/mol. The zero-order valence-electron chi connectivity index (χ0n) is 8.19. The molecule has 1 rings (SSSR count). The van der Waals surface area contributed by atoms with E-state index in [0.717, 1.165) is 31.8 Å². The van der Waals surface area contributed by atoms with Gasteiger partial charge in [0.1, 0.15) is 0 Å². The second-order valence-electron chi connectivity index (χ2n) is 2.91. The van der Waals surface area contributed by atoms with Gasteiger partial charge in [-0.2, -0.15) is 10.2 Å². The van der Waals surface area contributed by atoms with E-state index in [1.54, 1.807) is 13.3 Å². The van der Waals surface area contributed by atoms with Gasteiger partial charge >= 0.3 is 0 Å². The standard InChI is InChI=1S/C9H14IN3O/c1-14-7-3-6-13(10)8-9-4-2-5-11-12-9/h2,4-5H,3,6-8H2,1H3. The molecule has 5 heteroatoms. The highest BCUT2D eigenvalue weighted by Crippen LogP contribution is 2.06. The van der Waals surface area contributed by atoms with Crippen LogP contribution in [0.5, 0.6) is 0 Å². The van der Waals surface area contributed by atoms with E-state index < -0.39 is 0 Å². The van der Waals surface area contributed by atoms with E-state index in [1.807, 2.05) is 12.1 Å². The van der Waals surface area contributed by atoms with E-state index in [0.29, 0.717) is 0 Å². The van der Waals surface area contributed by atoms with Crippen LogP contribution in [0.4, 0.5) is 0 Å². The summed E-state index contributed by atoms with van der Waals surface area (Å²) in [6.45, 7) is 2.64. The molecule has 0 aliphatic heterocycles. The zero-order chi connectivity index (χ0) is 10.2. The molecule has 14 heavy (non-hydrogen) atoms. The summed E-state index contributed by atoms with van der Waals surface area (Å²) in [6.07, 6.45) is 2.73. The molecule has 4 nitrogen and oxygen atoms in total. The molecule has 1 heterocycles. The van der Waals surface area contributed by atoms with Crippen molar-refractivity contribution >= 4 is 22.9 Å². The van der Waals surface area contributed by atoms with Gasteiger partial charge in [-0.3, -0.25) is 0 Å². The van der Waals surface area contributed by atoms with E-state index in [4.69, 9.17) is 4.74 Å². The normalized spacial score (nSPS) is 10.8. The SMILES string of the molecule is COCCCN(I)Cc1cccnn1. The number of nitrogens with zero attached hydrogens (tertiary/aromatic N) is 3. The second-order valence-corrected chi connectivity index (χ2v) is 4.27. The molecule has 1 aromatic rings. The van der Waals surface area contributed by atoms with Crippen LogP contribution in [0.25, 0.3) is 0 Å². The summed E-state index contributed by atoms with van der Waals surface area (Å²) < 4.78 is 7.17. The summed E-state index contributed by atoms with van der Waals surface area (Å²) in [6, 6.07) is 3.89. The fourth-order valence-electron chi connectivity index (χ4n) is 1.05. The smallest absolute Gasteiger partial charge is 0.0779 e. The number of aromatic nitrogens is 2. The molecule has 0 unspecified atom stereocenters. The minimum absolute atomic E-state index is 0.806. The minimum Gasteiger partial charge on any atom is -0.385 e. The molecular formula is C9H14IN3O. The monoisotopic (exact) mass is 307 g/mol. The van der Waals surface area contributed by atoms with Gasteiger partial charge in [0.05, 0.1) is 12.2 Å². The molecule has 0 amide bonds. The Morgan fingerprint density at radius 3 is 3.07 bits per heavy atom. The predicted octanol–water partition coefficient (Wildman–Crippen LogP) is 1.67.